The monoisotopic (exact) mass is 818 g/mol. The molecule has 2 heterocycles. The van der Waals surface area contributed by atoms with Crippen molar-refractivity contribution < 1.29 is 4.42 Å². The zero-order valence-corrected chi connectivity index (χ0v) is 35.6. The summed E-state index contributed by atoms with van der Waals surface area (Å²) in [7, 11) is 0. The fourth-order valence-electron chi connectivity index (χ4n) is 9.87. The van der Waals surface area contributed by atoms with E-state index in [1.165, 1.54) is 27.8 Å². The molecule has 11 aromatic rings. The van der Waals surface area contributed by atoms with Crippen molar-refractivity contribution in [3.63, 3.8) is 0 Å². The molecule has 0 atom stereocenters. The van der Waals surface area contributed by atoms with E-state index >= 15 is 0 Å². The second-order valence-electron chi connectivity index (χ2n) is 17.3. The summed E-state index contributed by atoms with van der Waals surface area (Å²) in [6.45, 7) is 4.67. The van der Waals surface area contributed by atoms with E-state index in [0.29, 0.717) is 5.82 Å². The number of benzene rings is 9. The van der Waals surface area contributed by atoms with Crippen LogP contribution in [0, 0.1) is 0 Å². The van der Waals surface area contributed by atoms with Crippen molar-refractivity contribution in [1.82, 2.24) is 9.97 Å². The molecule has 0 bridgehead atoms. The van der Waals surface area contributed by atoms with Crippen LogP contribution >= 0.6 is 0 Å². The minimum atomic E-state index is -0.0867. The van der Waals surface area contributed by atoms with Gasteiger partial charge in [-0.25, -0.2) is 9.97 Å². The van der Waals surface area contributed by atoms with Gasteiger partial charge in [0.15, 0.2) is 5.82 Å². The first-order chi connectivity index (χ1) is 31.5. The summed E-state index contributed by atoms with van der Waals surface area (Å²) in [6, 6.07) is 77.9. The number of rotatable bonds is 7. The molecule has 64 heavy (non-hydrogen) atoms. The van der Waals surface area contributed by atoms with Gasteiger partial charge in [0.2, 0.25) is 0 Å². The van der Waals surface area contributed by atoms with Gasteiger partial charge in [-0.15, -0.1) is 0 Å². The maximum Gasteiger partial charge on any atom is 0.160 e. The maximum atomic E-state index is 6.65. The Morgan fingerprint density at radius 3 is 1.64 bits per heavy atom. The third-order valence-electron chi connectivity index (χ3n) is 13.1. The average Bonchev–Trinajstić information content (AvgIpc) is 3.86. The van der Waals surface area contributed by atoms with Gasteiger partial charge in [0, 0.05) is 38.4 Å². The molecule has 1 aliphatic rings. The van der Waals surface area contributed by atoms with Gasteiger partial charge >= 0.3 is 0 Å². The first-order valence-electron chi connectivity index (χ1n) is 22.0. The highest BCUT2D eigenvalue weighted by Crippen LogP contribution is 2.50. The molecule has 0 unspecified atom stereocenters. The highest BCUT2D eigenvalue weighted by molar-refractivity contribution is 6.10. The minimum Gasteiger partial charge on any atom is -0.455 e. The van der Waals surface area contributed by atoms with E-state index in [4.69, 9.17) is 14.4 Å². The summed E-state index contributed by atoms with van der Waals surface area (Å²) in [5, 5.41) is 2.20. The van der Waals surface area contributed by atoms with Crippen LogP contribution in [0.4, 0.5) is 0 Å². The molecule has 302 valence electrons. The highest BCUT2D eigenvalue weighted by Gasteiger charge is 2.35. The molecule has 0 fully saturated rings. The van der Waals surface area contributed by atoms with Crippen LogP contribution < -0.4 is 0 Å². The minimum absolute atomic E-state index is 0.0867. The Morgan fingerprint density at radius 1 is 0.328 bits per heavy atom. The van der Waals surface area contributed by atoms with Crippen LogP contribution in [0.3, 0.4) is 0 Å². The summed E-state index contributed by atoms with van der Waals surface area (Å²) >= 11 is 0. The van der Waals surface area contributed by atoms with Crippen LogP contribution in [0.25, 0.3) is 111 Å². The lowest BCUT2D eigenvalue weighted by Gasteiger charge is -2.22. The maximum absolute atomic E-state index is 6.65. The van der Waals surface area contributed by atoms with E-state index in [2.05, 4.69) is 202 Å². The van der Waals surface area contributed by atoms with Crippen molar-refractivity contribution in [2.24, 2.45) is 0 Å². The largest absolute Gasteiger partial charge is 0.455 e. The lowest BCUT2D eigenvalue weighted by Crippen LogP contribution is -2.14. The molecular weight excluding hydrogens is 777 g/mol. The van der Waals surface area contributed by atoms with Gasteiger partial charge in [-0.05, 0) is 104 Å². The molecule has 0 N–H and O–H groups in total. The molecular formula is C61H42N2O. The van der Waals surface area contributed by atoms with Gasteiger partial charge in [-0.3, -0.25) is 0 Å². The number of nitrogens with zero attached hydrogens (tertiary/aromatic N) is 2. The predicted molar refractivity (Wildman–Crippen MR) is 265 cm³/mol. The van der Waals surface area contributed by atoms with E-state index in [1.54, 1.807) is 0 Å². The van der Waals surface area contributed by atoms with Crippen LogP contribution in [0.5, 0.6) is 0 Å². The third-order valence-corrected chi connectivity index (χ3v) is 13.1. The first kappa shape index (κ1) is 37.6. The molecule has 0 amide bonds. The zero-order valence-electron chi connectivity index (χ0n) is 35.6. The molecule has 0 spiro atoms. The van der Waals surface area contributed by atoms with Gasteiger partial charge in [0.1, 0.15) is 11.2 Å². The summed E-state index contributed by atoms with van der Waals surface area (Å²) in [4.78, 5) is 10.7. The summed E-state index contributed by atoms with van der Waals surface area (Å²) in [5.41, 5.74) is 20.7. The van der Waals surface area contributed by atoms with Crippen molar-refractivity contribution >= 4 is 21.9 Å². The van der Waals surface area contributed by atoms with Gasteiger partial charge in [0.05, 0.1) is 11.4 Å². The van der Waals surface area contributed by atoms with Crippen LogP contribution in [0.15, 0.2) is 223 Å². The van der Waals surface area contributed by atoms with Crippen LogP contribution in [-0.2, 0) is 5.41 Å². The van der Waals surface area contributed by atoms with E-state index < -0.39 is 0 Å². The summed E-state index contributed by atoms with van der Waals surface area (Å²) < 4.78 is 6.65. The molecule has 0 radical (unpaired) electrons. The molecule has 1 aliphatic carbocycles. The Balaban J connectivity index is 1.05. The van der Waals surface area contributed by atoms with Crippen LogP contribution in [0.1, 0.15) is 25.0 Å². The van der Waals surface area contributed by atoms with Crippen molar-refractivity contribution in [1.29, 1.82) is 0 Å². The number of hydrogen-bond donors (Lipinski definition) is 0. The molecule has 3 heteroatoms. The topological polar surface area (TPSA) is 38.9 Å². The SMILES string of the molecule is CC1(C)c2ccccc2-c2ccc(-c3cccc(-c4cc(-c5cc(-c6ccccc6-c6ccccc6)cc(-c6cccc7c6oc6ccccc67)c5)nc(-c5ccccc5)n4)c3)cc21. The van der Waals surface area contributed by atoms with Crippen molar-refractivity contribution in [3.8, 4) is 89.5 Å². The van der Waals surface area contributed by atoms with Gasteiger partial charge in [-0.1, -0.05) is 190 Å². The van der Waals surface area contributed by atoms with E-state index in [-0.39, 0.29) is 5.41 Å². The molecule has 0 aliphatic heterocycles. The Kier molecular flexibility index (Phi) is 8.84. The molecule has 9 aromatic carbocycles. The highest BCUT2D eigenvalue weighted by atomic mass is 16.3. The van der Waals surface area contributed by atoms with E-state index in [1.807, 2.05) is 30.3 Å². The predicted octanol–water partition coefficient (Wildman–Crippen LogP) is 16.4. The smallest absolute Gasteiger partial charge is 0.160 e. The summed E-state index contributed by atoms with van der Waals surface area (Å²) in [5.74, 6) is 0.673. The van der Waals surface area contributed by atoms with Gasteiger partial charge in [0.25, 0.3) is 0 Å². The number of para-hydroxylation sites is 2. The Labute approximate surface area is 373 Å². The van der Waals surface area contributed by atoms with Crippen molar-refractivity contribution in [2.75, 3.05) is 0 Å². The second kappa shape index (κ2) is 15.0. The van der Waals surface area contributed by atoms with Crippen LogP contribution in [-0.4, -0.2) is 9.97 Å². The number of hydrogen-bond acceptors (Lipinski definition) is 3. The lowest BCUT2D eigenvalue weighted by molar-refractivity contribution is 0.660. The fraction of sp³-hybridized carbons (Fsp3) is 0.0492. The van der Waals surface area contributed by atoms with E-state index in [0.717, 1.165) is 89.0 Å². The Hall–Kier alpha value is -8.14. The number of furan rings is 1. The first-order valence-corrected chi connectivity index (χ1v) is 22.0. The van der Waals surface area contributed by atoms with Crippen LogP contribution in [0.2, 0.25) is 0 Å². The molecule has 3 nitrogen and oxygen atoms in total. The number of aromatic nitrogens is 2. The van der Waals surface area contributed by atoms with Gasteiger partial charge in [-0.2, -0.15) is 0 Å². The molecule has 0 saturated carbocycles. The second-order valence-corrected chi connectivity index (χ2v) is 17.3. The molecule has 0 saturated heterocycles. The molecule has 2 aromatic heterocycles. The zero-order chi connectivity index (χ0) is 42.8. The quantitative estimate of drug-likeness (QED) is 0.161. The fourth-order valence-corrected chi connectivity index (χ4v) is 9.87. The number of fused-ring (bicyclic) bond motifs is 6. The molecule has 12 rings (SSSR count). The van der Waals surface area contributed by atoms with E-state index in [9.17, 15) is 0 Å². The van der Waals surface area contributed by atoms with Crippen molar-refractivity contribution in [2.45, 2.75) is 19.3 Å². The summed E-state index contributed by atoms with van der Waals surface area (Å²) in [6.07, 6.45) is 0. The van der Waals surface area contributed by atoms with Gasteiger partial charge < -0.3 is 4.42 Å². The standard InChI is InChI=1S/C61H42N2O/c1-61(2)54-29-13-11-25-50(54)51-32-31-42(37-55(51)61)41-21-15-22-43(33-41)56-38-57(63-60(62-56)40-19-7-4-8-20-40)46-35-44(48-24-10-9-23-47(48)39-17-5-3-6-18-39)34-45(36-46)49-27-16-28-53-52-26-12-14-30-58(52)64-59(49)53/h3-38H,1-2H3. The normalized spacial score (nSPS) is 12.7. The van der Waals surface area contributed by atoms with Crippen molar-refractivity contribution in [3.05, 3.63) is 230 Å². The Morgan fingerprint density at radius 2 is 0.844 bits per heavy atom. The average molecular weight is 819 g/mol. The lowest BCUT2D eigenvalue weighted by atomic mass is 9.81. The third kappa shape index (κ3) is 6.36. The Bertz CT molecular complexity index is 3580.